The van der Waals surface area contributed by atoms with Gasteiger partial charge in [0.2, 0.25) is 0 Å². The van der Waals surface area contributed by atoms with Crippen LogP contribution in [-0.2, 0) is 0 Å². The predicted octanol–water partition coefficient (Wildman–Crippen LogP) is 4.07. The van der Waals surface area contributed by atoms with E-state index in [2.05, 4.69) is 0 Å². The predicted molar refractivity (Wildman–Crippen MR) is 74.7 cm³/mol. The molecule has 0 fully saturated rings. The fraction of sp³-hybridized carbons (Fsp3) is 0.250. The summed E-state index contributed by atoms with van der Waals surface area (Å²) >= 11 is 0. The molecule has 0 aliphatic rings. The molecule has 1 unspecified atom stereocenters. The van der Waals surface area contributed by atoms with Gasteiger partial charge < -0.3 is 14.6 Å². The molecule has 3 nitrogen and oxygen atoms in total. The molecular weight excluding hydrogens is 259 g/mol. The molecule has 0 saturated heterocycles. The maximum atomic E-state index is 13.3. The molecule has 0 heterocycles. The molecule has 0 radical (unpaired) electrons. The lowest BCUT2D eigenvalue weighted by atomic mass is 10.1. The van der Waals surface area contributed by atoms with Gasteiger partial charge in [0.15, 0.2) is 11.5 Å². The Morgan fingerprint density at radius 2 is 1.80 bits per heavy atom. The Kier molecular flexibility index (Phi) is 4.58. The Hall–Kier alpha value is -2.07. The van der Waals surface area contributed by atoms with E-state index in [1.54, 1.807) is 19.1 Å². The highest BCUT2D eigenvalue weighted by Gasteiger charge is 2.13. The van der Waals surface area contributed by atoms with Crippen LogP contribution < -0.4 is 9.47 Å². The molecule has 0 saturated carbocycles. The number of aliphatic hydroxyl groups is 1. The molecule has 20 heavy (non-hydrogen) atoms. The van der Waals surface area contributed by atoms with Crippen LogP contribution in [0, 0.1) is 5.82 Å². The largest absolute Gasteiger partial charge is 0.490 e. The fourth-order valence-electron chi connectivity index (χ4n) is 1.87. The Labute approximate surface area is 117 Å². The lowest BCUT2D eigenvalue weighted by molar-refractivity contribution is 0.194. The molecule has 0 spiro atoms. The summed E-state index contributed by atoms with van der Waals surface area (Å²) in [5, 5.41) is 9.70. The van der Waals surface area contributed by atoms with Crippen LogP contribution in [0.3, 0.4) is 0 Å². The van der Waals surface area contributed by atoms with Gasteiger partial charge >= 0.3 is 0 Å². The van der Waals surface area contributed by atoms with Gasteiger partial charge in [0, 0.05) is 5.56 Å². The Morgan fingerprint density at radius 3 is 2.45 bits per heavy atom. The summed E-state index contributed by atoms with van der Waals surface area (Å²) < 4.78 is 24.5. The van der Waals surface area contributed by atoms with Gasteiger partial charge in [-0.15, -0.1) is 0 Å². The van der Waals surface area contributed by atoms with Crippen molar-refractivity contribution in [1.82, 2.24) is 0 Å². The quantitative estimate of drug-likeness (QED) is 0.894. The van der Waals surface area contributed by atoms with Gasteiger partial charge in [0.1, 0.15) is 11.6 Å². The normalized spacial score (nSPS) is 12.0. The molecule has 0 bridgehead atoms. The monoisotopic (exact) mass is 276 g/mol. The number of halogens is 1. The summed E-state index contributed by atoms with van der Waals surface area (Å²) in [6.07, 6.45) is -0.819. The Balaban J connectivity index is 2.35. The molecule has 0 amide bonds. The van der Waals surface area contributed by atoms with Gasteiger partial charge in [0.25, 0.3) is 0 Å². The van der Waals surface area contributed by atoms with Crippen LogP contribution in [0.25, 0.3) is 0 Å². The van der Waals surface area contributed by atoms with E-state index in [9.17, 15) is 9.50 Å². The number of ether oxygens (including phenoxy) is 2. The zero-order valence-electron chi connectivity index (χ0n) is 11.5. The third-order valence-corrected chi connectivity index (χ3v) is 2.79. The van der Waals surface area contributed by atoms with E-state index in [4.69, 9.17) is 9.47 Å². The maximum Gasteiger partial charge on any atom is 0.169 e. The lowest BCUT2D eigenvalue weighted by Crippen LogP contribution is -1.99. The second kappa shape index (κ2) is 6.39. The molecule has 2 rings (SSSR count). The van der Waals surface area contributed by atoms with Gasteiger partial charge in [0.05, 0.1) is 12.7 Å². The van der Waals surface area contributed by atoms with Gasteiger partial charge in [-0.1, -0.05) is 12.1 Å². The fourth-order valence-corrected chi connectivity index (χ4v) is 1.87. The van der Waals surface area contributed by atoms with E-state index in [0.29, 0.717) is 29.4 Å². The van der Waals surface area contributed by atoms with E-state index >= 15 is 0 Å². The van der Waals surface area contributed by atoms with Crippen LogP contribution in [0.4, 0.5) is 4.39 Å². The average molecular weight is 276 g/mol. The minimum absolute atomic E-state index is 0.399. The molecule has 1 atom stereocenters. The highest BCUT2D eigenvalue weighted by Crippen LogP contribution is 2.35. The van der Waals surface area contributed by atoms with Crippen molar-refractivity contribution in [2.24, 2.45) is 0 Å². The van der Waals surface area contributed by atoms with Crippen molar-refractivity contribution < 1.29 is 19.0 Å². The third kappa shape index (κ3) is 3.27. The molecule has 0 aliphatic heterocycles. The number of hydrogen-bond donors (Lipinski definition) is 1. The first-order chi connectivity index (χ1) is 9.61. The van der Waals surface area contributed by atoms with Gasteiger partial charge in [-0.05, 0) is 44.2 Å². The van der Waals surface area contributed by atoms with E-state index in [1.807, 2.05) is 19.1 Å². The molecule has 0 aliphatic carbocycles. The summed E-state index contributed by atoms with van der Waals surface area (Å²) in [7, 11) is 0. The van der Waals surface area contributed by atoms with Gasteiger partial charge in [-0.25, -0.2) is 4.39 Å². The number of aliphatic hydroxyl groups excluding tert-OH is 1. The van der Waals surface area contributed by atoms with Crippen molar-refractivity contribution in [1.29, 1.82) is 0 Å². The number of benzene rings is 2. The first-order valence-electron chi connectivity index (χ1n) is 6.49. The Morgan fingerprint density at radius 1 is 1.10 bits per heavy atom. The van der Waals surface area contributed by atoms with Crippen LogP contribution in [-0.4, -0.2) is 11.7 Å². The van der Waals surface area contributed by atoms with Crippen LogP contribution in [0.15, 0.2) is 42.5 Å². The van der Waals surface area contributed by atoms with Crippen molar-refractivity contribution >= 4 is 0 Å². The zero-order chi connectivity index (χ0) is 14.5. The van der Waals surface area contributed by atoms with Crippen molar-refractivity contribution in [3.63, 3.8) is 0 Å². The van der Waals surface area contributed by atoms with Crippen LogP contribution in [0.2, 0.25) is 0 Å². The second-order valence-electron chi connectivity index (χ2n) is 4.34. The summed E-state index contributed by atoms with van der Waals surface area (Å²) in [4.78, 5) is 0. The molecule has 4 heteroatoms. The van der Waals surface area contributed by atoms with Crippen molar-refractivity contribution in [3.05, 3.63) is 53.8 Å². The summed E-state index contributed by atoms with van der Waals surface area (Å²) in [5.74, 6) is 1.14. The smallest absolute Gasteiger partial charge is 0.169 e. The van der Waals surface area contributed by atoms with Crippen LogP contribution in [0.5, 0.6) is 17.2 Å². The SMILES string of the molecule is CCOc1ccccc1Oc1ccc(F)cc1C(C)O. The Bertz CT molecular complexity index is 582. The molecular formula is C16H17FO3. The van der Waals surface area contributed by atoms with E-state index in [-0.39, 0.29) is 0 Å². The standard InChI is InChI=1S/C16H17FO3/c1-3-19-15-6-4-5-7-16(15)20-14-9-8-12(17)10-13(14)11(2)18/h4-11,18H,3H2,1-2H3. The molecule has 0 aromatic heterocycles. The van der Waals surface area contributed by atoms with E-state index < -0.39 is 11.9 Å². The van der Waals surface area contributed by atoms with Gasteiger partial charge in [-0.3, -0.25) is 0 Å². The molecule has 1 N–H and O–H groups in total. The molecule has 106 valence electrons. The van der Waals surface area contributed by atoms with E-state index in [1.165, 1.54) is 18.2 Å². The average Bonchev–Trinajstić information content (AvgIpc) is 2.43. The number of hydrogen-bond acceptors (Lipinski definition) is 3. The minimum Gasteiger partial charge on any atom is -0.490 e. The first kappa shape index (κ1) is 14.3. The summed E-state index contributed by atoms with van der Waals surface area (Å²) in [5.41, 5.74) is 0.399. The first-order valence-corrected chi connectivity index (χ1v) is 6.49. The topological polar surface area (TPSA) is 38.7 Å². The summed E-state index contributed by atoms with van der Waals surface area (Å²) in [6.45, 7) is 3.97. The van der Waals surface area contributed by atoms with E-state index in [0.717, 1.165) is 0 Å². The number of rotatable bonds is 5. The van der Waals surface area contributed by atoms with Crippen molar-refractivity contribution in [3.8, 4) is 17.2 Å². The molecule has 2 aromatic carbocycles. The number of para-hydroxylation sites is 2. The third-order valence-electron chi connectivity index (χ3n) is 2.79. The zero-order valence-corrected chi connectivity index (χ0v) is 11.5. The molecule has 2 aromatic rings. The second-order valence-corrected chi connectivity index (χ2v) is 4.34. The summed E-state index contributed by atoms with van der Waals surface area (Å²) in [6, 6.07) is 11.3. The maximum absolute atomic E-state index is 13.3. The lowest BCUT2D eigenvalue weighted by Gasteiger charge is -2.15. The van der Waals surface area contributed by atoms with Crippen LogP contribution >= 0.6 is 0 Å². The highest BCUT2D eigenvalue weighted by molar-refractivity contribution is 5.45. The van der Waals surface area contributed by atoms with Crippen LogP contribution in [0.1, 0.15) is 25.5 Å². The minimum atomic E-state index is -0.819. The van der Waals surface area contributed by atoms with Crippen molar-refractivity contribution in [2.45, 2.75) is 20.0 Å². The van der Waals surface area contributed by atoms with Gasteiger partial charge in [-0.2, -0.15) is 0 Å². The van der Waals surface area contributed by atoms with Crippen molar-refractivity contribution in [2.75, 3.05) is 6.61 Å². The highest BCUT2D eigenvalue weighted by atomic mass is 19.1.